The molecule has 1 N–H and O–H groups in total. The summed E-state index contributed by atoms with van der Waals surface area (Å²) in [5, 5.41) is 2.88. The van der Waals surface area contributed by atoms with Gasteiger partial charge in [0.2, 0.25) is 5.91 Å². The maximum absolute atomic E-state index is 11.6. The zero-order chi connectivity index (χ0) is 11.3. The fourth-order valence-corrected chi connectivity index (χ4v) is 1.16. The summed E-state index contributed by atoms with van der Waals surface area (Å²) in [4.78, 5) is 13.6. The molecule has 0 aromatic carbocycles. The van der Waals surface area contributed by atoms with E-state index in [-0.39, 0.29) is 11.9 Å². The predicted molar refractivity (Wildman–Crippen MR) is 60.2 cm³/mol. The van der Waals surface area contributed by atoms with E-state index >= 15 is 0 Å². The molecule has 0 saturated carbocycles. The second kappa shape index (κ2) is 5.81. The Morgan fingerprint density at radius 2 is 1.79 bits per heavy atom. The van der Waals surface area contributed by atoms with Crippen molar-refractivity contribution in [3.05, 3.63) is 11.1 Å². The summed E-state index contributed by atoms with van der Waals surface area (Å²) < 4.78 is 0. The molecule has 0 unspecified atom stereocenters. The second-order valence-electron chi connectivity index (χ2n) is 4.27. The number of carbonyl (C=O) groups excluding carboxylic acids is 1. The van der Waals surface area contributed by atoms with E-state index in [9.17, 15) is 4.79 Å². The summed E-state index contributed by atoms with van der Waals surface area (Å²) in [6.45, 7) is 8.63. The largest absolute Gasteiger partial charge is 0.350 e. The standard InChI is InChI=1S/C11H22N2O/c1-8(2)12-11(14)10(4)9(3)7-13(5)6/h8H,7H2,1-6H3,(H,12,14)/b10-9+. The summed E-state index contributed by atoms with van der Waals surface area (Å²) in [5.41, 5.74) is 1.94. The molecule has 82 valence electrons. The van der Waals surface area contributed by atoms with Crippen molar-refractivity contribution in [1.29, 1.82) is 0 Å². The molecule has 0 fully saturated rings. The first-order valence-electron chi connectivity index (χ1n) is 4.96. The topological polar surface area (TPSA) is 32.3 Å². The molecule has 0 bridgehead atoms. The predicted octanol–water partition coefficient (Wildman–Crippen LogP) is 1.41. The maximum atomic E-state index is 11.6. The molecule has 0 aliphatic carbocycles. The van der Waals surface area contributed by atoms with E-state index in [0.717, 1.165) is 17.7 Å². The van der Waals surface area contributed by atoms with Gasteiger partial charge in [-0.1, -0.05) is 5.57 Å². The molecule has 3 heteroatoms. The second-order valence-corrected chi connectivity index (χ2v) is 4.27. The molecule has 0 rings (SSSR count). The fourth-order valence-electron chi connectivity index (χ4n) is 1.16. The van der Waals surface area contributed by atoms with Crippen LogP contribution in [0.25, 0.3) is 0 Å². The Kier molecular flexibility index (Phi) is 5.46. The quantitative estimate of drug-likeness (QED) is 0.693. The minimum Gasteiger partial charge on any atom is -0.350 e. The van der Waals surface area contributed by atoms with Crippen LogP contribution in [0.4, 0.5) is 0 Å². The summed E-state index contributed by atoms with van der Waals surface area (Å²) in [5.74, 6) is 0.0411. The number of nitrogens with zero attached hydrogens (tertiary/aromatic N) is 1. The molecule has 0 spiro atoms. The zero-order valence-corrected chi connectivity index (χ0v) is 10.1. The molecule has 14 heavy (non-hydrogen) atoms. The number of rotatable bonds is 4. The number of hydrogen-bond acceptors (Lipinski definition) is 2. The summed E-state index contributed by atoms with van der Waals surface area (Å²) in [6, 6.07) is 0.199. The first kappa shape index (κ1) is 13.2. The molecule has 0 aromatic rings. The van der Waals surface area contributed by atoms with Crippen molar-refractivity contribution in [2.45, 2.75) is 33.7 Å². The third-order valence-electron chi connectivity index (χ3n) is 1.95. The van der Waals surface area contributed by atoms with Gasteiger partial charge >= 0.3 is 0 Å². The lowest BCUT2D eigenvalue weighted by atomic mass is 10.1. The van der Waals surface area contributed by atoms with E-state index in [1.807, 2.05) is 41.8 Å². The van der Waals surface area contributed by atoms with Crippen LogP contribution in [0, 0.1) is 0 Å². The van der Waals surface area contributed by atoms with Crippen LogP contribution < -0.4 is 5.32 Å². The number of nitrogens with one attached hydrogen (secondary N) is 1. The van der Waals surface area contributed by atoms with Gasteiger partial charge in [0.25, 0.3) is 0 Å². The molecular weight excluding hydrogens is 176 g/mol. The fraction of sp³-hybridized carbons (Fsp3) is 0.727. The van der Waals surface area contributed by atoms with E-state index in [1.54, 1.807) is 0 Å². The van der Waals surface area contributed by atoms with Crippen molar-refractivity contribution < 1.29 is 4.79 Å². The van der Waals surface area contributed by atoms with Crippen molar-refractivity contribution in [2.24, 2.45) is 0 Å². The monoisotopic (exact) mass is 198 g/mol. The Hall–Kier alpha value is -0.830. The highest BCUT2D eigenvalue weighted by atomic mass is 16.1. The van der Waals surface area contributed by atoms with Crippen molar-refractivity contribution in [1.82, 2.24) is 10.2 Å². The number of amides is 1. The van der Waals surface area contributed by atoms with E-state index in [2.05, 4.69) is 10.2 Å². The first-order chi connectivity index (χ1) is 6.34. The molecule has 0 atom stereocenters. The van der Waals surface area contributed by atoms with Crippen molar-refractivity contribution in [3.8, 4) is 0 Å². The minimum absolute atomic E-state index is 0.0411. The first-order valence-corrected chi connectivity index (χ1v) is 4.96. The smallest absolute Gasteiger partial charge is 0.247 e. The van der Waals surface area contributed by atoms with Gasteiger partial charge in [-0.05, 0) is 41.8 Å². The summed E-state index contributed by atoms with van der Waals surface area (Å²) in [6.07, 6.45) is 0. The average molecular weight is 198 g/mol. The van der Waals surface area contributed by atoms with E-state index in [0.29, 0.717) is 0 Å². The molecule has 0 aliphatic rings. The lowest BCUT2D eigenvalue weighted by Crippen LogP contribution is -2.31. The number of carbonyl (C=O) groups is 1. The maximum Gasteiger partial charge on any atom is 0.247 e. The lowest BCUT2D eigenvalue weighted by Gasteiger charge is -2.14. The van der Waals surface area contributed by atoms with Crippen LogP contribution >= 0.6 is 0 Å². The van der Waals surface area contributed by atoms with E-state index in [4.69, 9.17) is 0 Å². The van der Waals surface area contributed by atoms with E-state index in [1.165, 1.54) is 0 Å². The highest BCUT2D eigenvalue weighted by Gasteiger charge is 2.08. The molecule has 3 nitrogen and oxygen atoms in total. The van der Waals surface area contributed by atoms with Crippen LogP contribution in [-0.2, 0) is 4.79 Å². The van der Waals surface area contributed by atoms with Crippen LogP contribution in [0.1, 0.15) is 27.7 Å². The minimum atomic E-state index is 0.0411. The van der Waals surface area contributed by atoms with Gasteiger partial charge in [0.05, 0.1) is 0 Å². The van der Waals surface area contributed by atoms with Crippen LogP contribution in [-0.4, -0.2) is 37.5 Å². The van der Waals surface area contributed by atoms with Gasteiger partial charge in [-0.2, -0.15) is 0 Å². The molecule has 0 radical (unpaired) electrons. The van der Waals surface area contributed by atoms with Gasteiger partial charge < -0.3 is 10.2 Å². The highest BCUT2D eigenvalue weighted by molar-refractivity contribution is 5.93. The normalized spacial score (nSPS) is 13.1. The molecular formula is C11H22N2O. The van der Waals surface area contributed by atoms with Gasteiger partial charge in [0.15, 0.2) is 0 Å². The van der Waals surface area contributed by atoms with Gasteiger partial charge in [-0.15, -0.1) is 0 Å². The summed E-state index contributed by atoms with van der Waals surface area (Å²) >= 11 is 0. The highest BCUT2D eigenvalue weighted by Crippen LogP contribution is 2.04. The Labute approximate surface area is 87.2 Å². The molecule has 0 saturated heterocycles. The molecule has 0 heterocycles. The van der Waals surface area contributed by atoms with Gasteiger partial charge in [-0.3, -0.25) is 4.79 Å². The number of hydrogen-bond donors (Lipinski definition) is 1. The van der Waals surface area contributed by atoms with Crippen LogP contribution in [0.5, 0.6) is 0 Å². The Morgan fingerprint density at radius 3 is 2.14 bits per heavy atom. The van der Waals surface area contributed by atoms with Crippen LogP contribution in [0.3, 0.4) is 0 Å². The van der Waals surface area contributed by atoms with E-state index < -0.39 is 0 Å². The van der Waals surface area contributed by atoms with Gasteiger partial charge in [-0.25, -0.2) is 0 Å². The zero-order valence-electron chi connectivity index (χ0n) is 10.1. The lowest BCUT2D eigenvalue weighted by molar-refractivity contribution is -0.118. The molecule has 1 amide bonds. The van der Waals surface area contributed by atoms with Gasteiger partial charge in [0, 0.05) is 18.2 Å². The SMILES string of the molecule is C/C(CN(C)C)=C(/C)C(=O)NC(C)C. The Morgan fingerprint density at radius 1 is 1.29 bits per heavy atom. The Balaban J connectivity index is 4.40. The average Bonchev–Trinajstić information content (AvgIpc) is 2.00. The number of likely N-dealkylation sites (N-methyl/N-ethyl adjacent to an activating group) is 1. The Bertz CT molecular complexity index is 229. The van der Waals surface area contributed by atoms with Crippen LogP contribution in [0.2, 0.25) is 0 Å². The van der Waals surface area contributed by atoms with Crippen molar-refractivity contribution >= 4 is 5.91 Å². The van der Waals surface area contributed by atoms with Crippen LogP contribution in [0.15, 0.2) is 11.1 Å². The summed E-state index contributed by atoms with van der Waals surface area (Å²) in [7, 11) is 3.99. The van der Waals surface area contributed by atoms with Gasteiger partial charge in [0.1, 0.15) is 0 Å². The molecule has 0 aliphatic heterocycles. The van der Waals surface area contributed by atoms with Crippen molar-refractivity contribution in [3.63, 3.8) is 0 Å². The third kappa shape index (κ3) is 5.02. The van der Waals surface area contributed by atoms with Crippen molar-refractivity contribution in [2.75, 3.05) is 20.6 Å². The third-order valence-corrected chi connectivity index (χ3v) is 1.95. The molecule has 0 aromatic heterocycles.